The minimum absolute atomic E-state index is 0.0666. The van der Waals surface area contributed by atoms with E-state index in [9.17, 15) is 5.11 Å². The van der Waals surface area contributed by atoms with E-state index >= 15 is 0 Å². The van der Waals surface area contributed by atoms with Gasteiger partial charge in [-0.25, -0.2) is 9.50 Å². The summed E-state index contributed by atoms with van der Waals surface area (Å²) in [6.07, 6.45) is 4.03. The molecule has 3 aromatic heterocycles. The van der Waals surface area contributed by atoms with Crippen molar-refractivity contribution in [1.29, 1.82) is 0 Å². The molecule has 0 unspecified atom stereocenters. The lowest BCUT2D eigenvalue weighted by molar-refractivity contribution is 0.200. The van der Waals surface area contributed by atoms with Crippen molar-refractivity contribution < 1.29 is 5.11 Å². The summed E-state index contributed by atoms with van der Waals surface area (Å²) in [6, 6.07) is 2.05. The molecule has 4 rings (SSSR count). The Morgan fingerprint density at radius 3 is 2.65 bits per heavy atom. The lowest BCUT2D eigenvalue weighted by Crippen LogP contribution is -2.33. The molecule has 0 radical (unpaired) electrons. The smallest absolute Gasteiger partial charge is 0.159 e. The maximum atomic E-state index is 9.30. The third kappa shape index (κ3) is 2.99. The van der Waals surface area contributed by atoms with Crippen molar-refractivity contribution in [3.63, 3.8) is 0 Å². The second-order valence-corrected chi connectivity index (χ2v) is 7.19. The maximum Gasteiger partial charge on any atom is 0.159 e. The van der Waals surface area contributed by atoms with Gasteiger partial charge in [0.15, 0.2) is 11.5 Å². The molecule has 1 fully saturated rings. The van der Waals surface area contributed by atoms with E-state index in [1.165, 1.54) is 5.56 Å². The first kappa shape index (κ1) is 17.1. The predicted molar refractivity (Wildman–Crippen MR) is 96.6 cm³/mol. The molecule has 1 N–H and O–H groups in total. The van der Waals surface area contributed by atoms with Crippen molar-refractivity contribution in [2.75, 3.05) is 13.1 Å². The third-order valence-corrected chi connectivity index (χ3v) is 5.34. The van der Waals surface area contributed by atoms with Gasteiger partial charge in [0.05, 0.1) is 6.20 Å². The van der Waals surface area contributed by atoms with Crippen LogP contribution in [0.1, 0.15) is 47.4 Å². The van der Waals surface area contributed by atoms with Gasteiger partial charge in [-0.05, 0) is 45.8 Å². The zero-order chi connectivity index (χ0) is 18.3. The number of hydrogen-bond acceptors (Lipinski definition) is 6. The van der Waals surface area contributed by atoms with Crippen molar-refractivity contribution in [3.05, 3.63) is 40.9 Å². The largest absolute Gasteiger partial charge is 0.388 e. The summed E-state index contributed by atoms with van der Waals surface area (Å²) >= 11 is 0. The van der Waals surface area contributed by atoms with E-state index in [-0.39, 0.29) is 6.61 Å². The van der Waals surface area contributed by atoms with Gasteiger partial charge in [0, 0.05) is 36.5 Å². The van der Waals surface area contributed by atoms with Crippen molar-refractivity contribution in [3.8, 4) is 0 Å². The van der Waals surface area contributed by atoms with E-state index < -0.39 is 0 Å². The Morgan fingerprint density at radius 1 is 1.19 bits per heavy atom. The van der Waals surface area contributed by atoms with E-state index in [1.54, 1.807) is 0 Å². The SMILES string of the molecule is Cc1cc(C)n2ncc(CN3CCC(c4nnc(CO)n4C)CC3)c2n1. The standard InChI is InChI=1S/C18H25N7O/c1-12-8-13(2)25-17(20-12)15(9-19-25)10-24-6-4-14(5-7-24)18-22-21-16(11-26)23(18)3/h8-9,14,26H,4-7,10-11H2,1-3H3. The van der Waals surface area contributed by atoms with Crippen molar-refractivity contribution in [2.24, 2.45) is 7.05 Å². The van der Waals surface area contributed by atoms with E-state index in [4.69, 9.17) is 0 Å². The van der Waals surface area contributed by atoms with E-state index in [0.29, 0.717) is 11.7 Å². The third-order valence-electron chi connectivity index (χ3n) is 5.34. The van der Waals surface area contributed by atoms with E-state index in [1.807, 2.05) is 29.3 Å². The van der Waals surface area contributed by atoms with Crippen LogP contribution in [0, 0.1) is 13.8 Å². The molecule has 26 heavy (non-hydrogen) atoms. The first-order valence-electron chi connectivity index (χ1n) is 9.09. The summed E-state index contributed by atoms with van der Waals surface area (Å²) in [4.78, 5) is 7.13. The molecule has 0 amide bonds. The van der Waals surface area contributed by atoms with Crippen LogP contribution in [-0.2, 0) is 20.2 Å². The average molecular weight is 355 g/mol. The fourth-order valence-corrected chi connectivity index (χ4v) is 3.89. The number of aromatic nitrogens is 6. The fourth-order valence-electron chi connectivity index (χ4n) is 3.89. The number of nitrogens with zero attached hydrogens (tertiary/aromatic N) is 7. The second kappa shape index (κ2) is 6.77. The summed E-state index contributed by atoms with van der Waals surface area (Å²) in [5.74, 6) is 2.01. The van der Waals surface area contributed by atoms with Gasteiger partial charge in [-0.2, -0.15) is 5.10 Å². The molecule has 0 aromatic carbocycles. The molecule has 1 aliphatic rings. The summed E-state index contributed by atoms with van der Waals surface area (Å²) in [6.45, 7) is 6.90. The molecule has 138 valence electrons. The number of hydrogen-bond donors (Lipinski definition) is 1. The molecule has 8 nitrogen and oxygen atoms in total. The Hall–Kier alpha value is -2.32. The van der Waals surface area contributed by atoms with Gasteiger partial charge in [-0.1, -0.05) is 0 Å². The number of likely N-dealkylation sites (tertiary alicyclic amines) is 1. The minimum Gasteiger partial charge on any atom is -0.388 e. The van der Waals surface area contributed by atoms with Crippen LogP contribution in [0.4, 0.5) is 0 Å². The zero-order valence-corrected chi connectivity index (χ0v) is 15.6. The van der Waals surface area contributed by atoms with Crippen LogP contribution >= 0.6 is 0 Å². The highest BCUT2D eigenvalue weighted by Gasteiger charge is 2.25. The van der Waals surface area contributed by atoms with Gasteiger partial charge in [-0.3, -0.25) is 4.90 Å². The molecule has 4 heterocycles. The summed E-state index contributed by atoms with van der Waals surface area (Å²) in [7, 11) is 1.93. The van der Waals surface area contributed by atoms with E-state index in [2.05, 4.69) is 38.2 Å². The molecule has 0 atom stereocenters. The molecule has 8 heteroatoms. The highest BCUT2D eigenvalue weighted by Crippen LogP contribution is 2.28. The fraction of sp³-hybridized carbons (Fsp3) is 0.556. The number of aliphatic hydroxyl groups excluding tert-OH is 1. The van der Waals surface area contributed by atoms with Crippen molar-refractivity contribution in [1.82, 2.24) is 34.3 Å². The molecule has 0 bridgehead atoms. The number of aryl methyl sites for hydroxylation is 2. The monoisotopic (exact) mass is 355 g/mol. The molecule has 3 aromatic rings. The van der Waals surface area contributed by atoms with Gasteiger partial charge in [0.2, 0.25) is 0 Å². The Labute approximate surface area is 152 Å². The topological polar surface area (TPSA) is 84.4 Å². The molecular formula is C18H25N7O. The Kier molecular flexibility index (Phi) is 4.46. The first-order valence-corrected chi connectivity index (χ1v) is 9.09. The highest BCUT2D eigenvalue weighted by atomic mass is 16.3. The number of aliphatic hydroxyl groups is 1. The molecule has 0 saturated carbocycles. The van der Waals surface area contributed by atoms with Gasteiger partial charge >= 0.3 is 0 Å². The Bertz CT molecular complexity index is 921. The molecular weight excluding hydrogens is 330 g/mol. The van der Waals surface area contributed by atoms with Gasteiger partial charge in [0.25, 0.3) is 0 Å². The zero-order valence-electron chi connectivity index (χ0n) is 15.6. The summed E-state index contributed by atoms with van der Waals surface area (Å²) in [5.41, 5.74) is 4.28. The molecule has 1 saturated heterocycles. The van der Waals surface area contributed by atoms with E-state index in [0.717, 1.165) is 55.3 Å². The summed E-state index contributed by atoms with van der Waals surface area (Å²) in [5, 5.41) is 22.1. The predicted octanol–water partition coefficient (Wildman–Crippen LogP) is 1.35. The summed E-state index contributed by atoms with van der Waals surface area (Å²) < 4.78 is 3.85. The average Bonchev–Trinajstić information content (AvgIpc) is 3.19. The maximum absolute atomic E-state index is 9.30. The van der Waals surface area contributed by atoms with Gasteiger partial charge in [0.1, 0.15) is 12.4 Å². The van der Waals surface area contributed by atoms with Crippen LogP contribution in [0.5, 0.6) is 0 Å². The first-order chi connectivity index (χ1) is 12.6. The molecule has 1 aliphatic heterocycles. The highest BCUT2D eigenvalue weighted by molar-refractivity contribution is 5.47. The van der Waals surface area contributed by atoms with Crippen molar-refractivity contribution >= 4 is 5.65 Å². The quantitative estimate of drug-likeness (QED) is 0.760. The minimum atomic E-state index is -0.0666. The number of fused-ring (bicyclic) bond motifs is 1. The van der Waals surface area contributed by atoms with Crippen LogP contribution < -0.4 is 0 Å². The van der Waals surface area contributed by atoms with Crippen LogP contribution in [-0.4, -0.2) is 52.5 Å². The van der Waals surface area contributed by atoms with Crippen LogP contribution in [0.15, 0.2) is 12.3 Å². The number of rotatable bonds is 4. The Balaban J connectivity index is 1.45. The lowest BCUT2D eigenvalue weighted by atomic mass is 9.95. The van der Waals surface area contributed by atoms with Gasteiger partial charge in [-0.15, -0.1) is 10.2 Å². The second-order valence-electron chi connectivity index (χ2n) is 7.19. The number of piperidine rings is 1. The van der Waals surface area contributed by atoms with Crippen LogP contribution in [0.25, 0.3) is 5.65 Å². The normalized spacial score (nSPS) is 16.6. The molecule has 0 aliphatic carbocycles. The van der Waals surface area contributed by atoms with Crippen LogP contribution in [0.3, 0.4) is 0 Å². The molecule has 0 spiro atoms. The lowest BCUT2D eigenvalue weighted by Gasteiger charge is -2.31. The van der Waals surface area contributed by atoms with Crippen molar-refractivity contribution in [2.45, 2.75) is 45.8 Å². The van der Waals surface area contributed by atoms with Gasteiger partial charge < -0.3 is 9.67 Å². The van der Waals surface area contributed by atoms with Crippen LogP contribution in [0.2, 0.25) is 0 Å². The Morgan fingerprint density at radius 2 is 1.96 bits per heavy atom.